The molecular weight excluding hydrogens is 462 g/mol. The summed E-state index contributed by atoms with van der Waals surface area (Å²) in [5.41, 5.74) is 4.11. The summed E-state index contributed by atoms with van der Waals surface area (Å²) in [5, 5.41) is 9.81. The topological polar surface area (TPSA) is 70.8 Å². The molecule has 0 saturated carbocycles. The van der Waals surface area contributed by atoms with E-state index in [2.05, 4.69) is 0 Å². The minimum atomic E-state index is -0.986. The van der Waals surface area contributed by atoms with Gasteiger partial charge in [0.05, 0.1) is 17.8 Å². The summed E-state index contributed by atoms with van der Waals surface area (Å²) in [6, 6.07) is 27.3. The Morgan fingerprint density at radius 2 is 1.60 bits per heavy atom. The van der Waals surface area contributed by atoms with E-state index >= 15 is 0 Å². The molecule has 35 heavy (non-hydrogen) atoms. The first-order valence-corrected chi connectivity index (χ1v) is 11.3. The summed E-state index contributed by atoms with van der Waals surface area (Å²) in [6.45, 7) is 0.310. The Balaban J connectivity index is 1.46. The van der Waals surface area contributed by atoms with Crippen LogP contribution in [-0.2, 0) is 11.3 Å². The number of aromatic carboxylic acids is 1. The summed E-state index contributed by atoms with van der Waals surface area (Å²) >= 11 is 5.98. The molecule has 0 fully saturated rings. The lowest BCUT2D eigenvalue weighted by Gasteiger charge is -2.21. The van der Waals surface area contributed by atoms with Crippen molar-refractivity contribution in [1.29, 1.82) is 0 Å². The number of carbonyl (C=O) groups excluding carboxylic acids is 1. The molecule has 0 unspecified atom stereocenters. The molecule has 2 heterocycles. The first-order valence-electron chi connectivity index (χ1n) is 11.0. The third-order valence-electron chi connectivity index (χ3n) is 5.74. The summed E-state index contributed by atoms with van der Waals surface area (Å²) in [5.74, 6) is 0.104. The van der Waals surface area contributed by atoms with Crippen molar-refractivity contribution in [2.75, 3.05) is 0 Å². The first-order chi connectivity index (χ1) is 17.0. The summed E-state index contributed by atoms with van der Waals surface area (Å²) in [4.78, 5) is 26.3. The van der Waals surface area contributed by atoms with Gasteiger partial charge in [-0.1, -0.05) is 54.1 Å². The van der Waals surface area contributed by atoms with Crippen molar-refractivity contribution >= 4 is 35.3 Å². The molecule has 0 aliphatic carbocycles. The van der Waals surface area contributed by atoms with Crippen LogP contribution in [0.15, 0.2) is 107 Å². The number of nitrogens with zero attached hydrogens (tertiary/aromatic N) is 1. The Bertz CT molecular complexity index is 1450. The standard InChI is InChI=1S/C29H20ClNO4/c30-24-12-10-21(11-13-24)27-15-14-25(35-27)16-23-17-26(20-4-2-1-3-5-20)31(28(23)32)18-19-6-8-22(9-7-19)29(33)34/h1-17H,18H2,(H,33,34)/b23-16+. The molecule has 1 aliphatic heterocycles. The van der Waals surface area contributed by atoms with Gasteiger partial charge >= 0.3 is 5.97 Å². The number of hydrogen-bond acceptors (Lipinski definition) is 3. The maximum Gasteiger partial charge on any atom is 0.335 e. The molecule has 0 bridgehead atoms. The van der Waals surface area contributed by atoms with Gasteiger partial charge in [-0.15, -0.1) is 0 Å². The van der Waals surface area contributed by atoms with Crippen LogP contribution in [0, 0.1) is 0 Å². The summed E-state index contributed by atoms with van der Waals surface area (Å²) < 4.78 is 5.97. The highest BCUT2D eigenvalue weighted by molar-refractivity contribution is 6.30. The Kier molecular flexibility index (Phi) is 6.08. The monoisotopic (exact) mass is 481 g/mol. The van der Waals surface area contributed by atoms with Crippen molar-refractivity contribution in [3.63, 3.8) is 0 Å². The lowest BCUT2D eigenvalue weighted by Crippen LogP contribution is -2.25. The van der Waals surface area contributed by atoms with E-state index in [1.807, 2.05) is 60.7 Å². The first kappa shape index (κ1) is 22.4. The van der Waals surface area contributed by atoms with E-state index in [-0.39, 0.29) is 11.5 Å². The Hall–Kier alpha value is -4.35. The van der Waals surface area contributed by atoms with Crippen LogP contribution in [0.3, 0.4) is 0 Å². The van der Waals surface area contributed by atoms with Crippen LogP contribution in [0.25, 0.3) is 23.1 Å². The van der Waals surface area contributed by atoms with Crippen LogP contribution >= 0.6 is 11.6 Å². The van der Waals surface area contributed by atoms with Crippen molar-refractivity contribution in [2.24, 2.45) is 0 Å². The van der Waals surface area contributed by atoms with Gasteiger partial charge in [0.2, 0.25) is 0 Å². The maximum absolute atomic E-state index is 13.4. The second-order valence-electron chi connectivity index (χ2n) is 8.10. The number of furan rings is 1. The molecule has 5 rings (SSSR count). The van der Waals surface area contributed by atoms with Gasteiger partial charge in [-0.25, -0.2) is 4.79 Å². The molecular formula is C29H20ClNO4. The number of rotatable bonds is 6. The second-order valence-corrected chi connectivity index (χ2v) is 8.53. The molecule has 4 aromatic rings. The van der Waals surface area contributed by atoms with Crippen LogP contribution < -0.4 is 0 Å². The van der Waals surface area contributed by atoms with Crippen LogP contribution in [0.2, 0.25) is 5.02 Å². The second kappa shape index (κ2) is 9.49. The van der Waals surface area contributed by atoms with Crippen LogP contribution in [0.1, 0.15) is 27.2 Å². The van der Waals surface area contributed by atoms with E-state index in [0.29, 0.717) is 28.7 Å². The minimum absolute atomic E-state index is 0.157. The molecule has 0 saturated heterocycles. The molecule has 0 spiro atoms. The lowest BCUT2D eigenvalue weighted by molar-refractivity contribution is -0.123. The minimum Gasteiger partial charge on any atom is -0.478 e. The SMILES string of the molecule is O=C(O)c1ccc(CN2C(=O)/C(=C/c3ccc(-c4ccc(Cl)cc4)o3)C=C2c2ccccc2)cc1. The predicted octanol–water partition coefficient (Wildman–Crippen LogP) is 6.77. The van der Waals surface area contributed by atoms with Gasteiger partial charge in [0.25, 0.3) is 5.91 Å². The zero-order valence-electron chi connectivity index (χ0n) is 18.5. The van der Waals surface area contributed by atoms with Gasteiger partial charge in [-0.05, 0) is 71.8 Å². The van der Waals surface area contributed by atoms with Gasteiger partial charge in [-0.2, -0.15) is 0 Å². The quantitative estimate of drug-likeness (QED) is 0.309. The molecule has 172 valence electrons. The van der Waals surface area contributed by atoms with Crippen LogP contribution in [0.4, 0.5) is 0 Å². The van der Waals surface area contributed by atoms with Crippen LogP contribution in [0.5, 0.6) is 0 Å². The third-order valence-corrected chi connectivity index (χ3v) is 5.99. The zero-order valence-corrected chi connectivity index (χ0v) is 19.3. The van der Waals surface area contributed by atoms with Crippen molar-refractivity contribution in [3.8, 4) is 11.3 Å². The van der Waals surface area contributed by atoms with Gasteiger partial charge in [0.15, 0.2) is 0 Å². The highest BCUT2D eigenvalue weighted by Crippen LogP contribution is 2.33. The largest absolute Gasteiger partial charge is 0.478 e. The third kappa shape index (κ3) is 4.81. The van der Waals surface area contributed by atoms with Crippen molar-refractivity contribution in [3.05, 3.63) is 130 Å². The van der Waals surface area contributed by atoms with Crippen LogP contribution in [-0.4, -0.2) is 21.9 Å². The van der Waals surface area contributed by atoms with E-state index in [9.17, 15) is 9.59 Å². The average Bonchev–Trinajstić information content (AvgIpc) is 3.46. The van der Waals surface area contributed by atoms with Gasteiger partial charge in [0.1, 0.15) is 11.5 Å². The Morgan fingerprint density at radius 3 is 2.29 bits per heavy atom. The number of carbonyl (C=O) groups is 2. The highest BCUT2D eigenvalue weighted by atomic mass is 35.5. The normalized spacial score (nSPS) is 14.4. The fraction of sp³-hybridized carbons (Fsp3) is 0.0345. The number of amides is 1. The predicted molar refractivity (Wildman–Crippen MR) is 136 cm³/mol. The fourth-order valence-corrected chi connectivity index (χ4v) is 4.07. The number of carboxylic acid groups (broad SMARTS) is 1. The van der Waals surface area contributed by atoms with Crippen molar-refractivity contribution in [1.82, 2.24) is 4.90 Å². The molecule has 1 amide bonds. The number of hydrogen-bond donors (Lipinski definition) is 1. The zero-order chi connectivity index (χ0) is 24.4. The molecule has 3 aromatic carbocycles. The lowest BCUT2D eigenvalue weighted by atomic mass is 10.1. The molecule has 6 heteroatoms. The Morgan fingerprint density at radius 1 is 0.886 bits per heavy atom. The number of halogens is 1. The average molecular weight is 482 g/mol. The highest BCUT2D eigenvalue weighted by Gasteiger charge is 2.29. The molecule has 1 aromatic heterocycles. The summed E-state index contributed by atoms with van der Waals surface area (Å²) in [6.07, 6.45) is 3.59. The molecule has 1 N–H and O–H groups in total. The van der Waals surface area contributed by atoms with E-state index in [4.69, 9.17) is 21.1 Å². The smallest absolute Gasteiger partial charge is 0.335 e. The van der Waals surface area contributed by atoms with E-state index in [0.717, 1.165) is 22.4 Å². The maximum atomic E-state index is 13.4. The Labute approximate surface area is 207 Å². The van der Waals surface area contributed by atoms with E-state index < -0.39 is 5.97 Å². The fourth-order valence-electron chi connectivity index (χ4n) is 3.95. The summed E-state index contributed by atoms with van der Waals surface area (Å²) in [7, 11) is 0. The van der Waals surface area contributed by atoms with Crippen molar-refractivity contribution < 1.29 is 19.1 Å². The molecule has 1 aliphatic rings. The van der Waals surface area contributed by atoms with Crippen molar-refractivity contribution in [2.45, 2.75) is 6.54 Å². The molecule has 0 atom stereocenters. The number of benzene rings is 3. The molecule has 5 nitrogen and oxygen atoms in total. The van der Waals surface area contributed by atoms with Gasteiger partial charge < -0.3 is 14.4 Å². The number of carboxylic acids is 1. The molecule has 0 radical (unpaired) electrons. The van der Waals surface area contributed by atoms with Gasteiger partial charge in [-0.3, -0.25) is 4.79 Å². The van der Waals surface area contributed by atoms with Gasteiger partial charge in [0, 0.05) is 16.2 Å². The van der Waals surface area contributed by atoms with E-state index in [1.165, 1.54) is 0 Å². The van der Waals surface area contributed by atoms with E-state index in [1.54, 1.807) is 47.4 Å².